The summed E-state index contributed by atoms with van der Waals surface area (Å²) in [5, 5.41) is 4.21. The Kier molecular flexibility index (Phi) is 6.14. The average Bonchev–Trinajstić information content (AvgIpc) is 2.47. The van der Waals surface area contributed by atoms with E-state index in [0.29, 0.717) is 0 Å². The fraction of sp³-hybridized carbons (Fsp3) is 0.625. The predicted molar refractivity (Wildman–Crippen MR) is 87.8 cm³/mol. The number of benzene rings is 1. The zero-order valence-electron chi connectivity index (χ0n) is 12.7. The fourth-order valence-corrected chi connectivity index (χ4v) is 3.04. The minimum atomic E-state index is 0.879. The summed E-state index contributed by atoms with van der Waals surface area (Å²) < 4.78 is 0. The van der Waals surface area contributed by atoms with Gasteiger partial charge in [0.15, 0.2) is 0 Å². The molecule has 0 amide bonds. The van der Waals surface area contributed by atoms with Crippen LogP contribution in [0.3, 0.4) is 0 Å². The lowest BCUT2D eigenvalue weighted by molar-refractivity contribution is 0.258. The smallest absolute Gasteiger partial charge is 0.0642 e. The minimum Gasteiger partial charge on any atom is -0.368 e. The molecule has 0 atom stereocenters. The third-order valence-electron chi connectivity index (χ3n) is 3.84. The van der Waals surface area contributed by atoms with Crippen LogP contribution in [0.5, 0.6) is 0 Å². The molecule has 20 heavy (non-hydrogen) atoms. The number of hydrogen-bond acceptors (Lipinski definition) is 3. The summed E-state index contributed by atoms with van der Waals surface area (Å²) in [5.41, 5.74) is 2.44. The summed E-state index contributed by atoms with van der Waals surface area (Å²) in [6.45, 7) is 11.9. The van der Waals surface area contributed by atoms with Gasteiger partial charge in [-0.05, 0) is 37.2 Å². The molecule has 2 rings (SSSR count). The highest BCUT2D eigenvalue weighted by atomic mass is 35.5. The van der Waals surface area contributed by atoms with Crippen LogP contribution in [0.25, 0.3) is 0 Å². The Morgan fingerprint density at radius 3 is 2.50 bits per heavy atom. The van der Waals surface area contributed by atoms with Crippen LogP contribution < -0.4 is 10.2 Å². The molecule has 1 aliphatic rings. The van der Waals surface area contributed by atoms with Crippen molar-refractivity contribution >= 4 is 17.3 Å². The van der Waals surface area contributed by atoms with Crippen molar-refractivity contribution in [3.05, 3.63) is 28.8 Å². The Morgan fingerprint density at radius 1 is 1.15 bits per heavy atom. The first-order valence-electron chi connectivity index (χ1n) is 7.71. The molecular formula is C16H26ClN3. The van der Waals surface area contributed by atoms with E-state index in [0.717, 1.165) is 44.3 Å². The first-order valence-corrected chi connectivity index (χ1v) is 8.08. The van der Waals surface area contributed by atoms with E-state index in [2.05, 4.69) is 47.2 Å². The molecule has 1 N–H and O–H groups in total. The van der Waals surface area contributed by atoms with Crippen LogP contribution in [0.4, 0.5) is 5.69 Å². The van der Waals surface area contributed by atoms with Gasteiger partial charge < -0.3 is 10.2 Å². The first kappa shape index (κ1) is 15.6. The topological polar surface area (TPSA) is 18.5 Å². The van der Waals surface area contributed by atoms with Gasteiger partial charge in [0.1, 0.15) is 0 Å². The molecule has 1 heterocycles. The standard InChI is InChI=1S/C16H26ClN3/c1-3-7-19-8-10-20(11-9-19)16-6-5-14(12-15(16)17)13-18-4-2/h5-6,12,18H,3-4,7-11,13H2,1-2H3. The number of piperazine rings is 1. The van der Waals surface area contributed by atoms with E-state index in [1.165, 1.54) is 24.2 Å². The van der Waals surface area contributed by atoms with Crippen LogP contribution in [0, 0.1) is 0 Å². The molecule has 3 nitrogen and oxygen atoms in total. The third kappa shape index (κ3) is 4.11. The summed E-state index contributed by atoms with van der Waals surface area (Å²) in [6.07, 6.45) is 1.24. The average molecular weight is 296 g/mol. The van der Waals surface area contributed by atoms with Crippen molar-refractivity contribution < 1.29 is 0 Å². The highest BCUT2D eigenvalue weighted by Gasteiger charge is 2.18. The van der Waals surface area contributed by atoms with E-state index < -0.39 is 0 Å². The van der Waals surface area contributed by atoms with Crippen molar-refractivity contribution in [1.82, 2.24) is 10.2 Å². The van der Waals surface area contributed by atoms with Gasteiger partial charge in [0.25, 0.3) is 0 Å². The lowest BCUT2D eigenvalue weighted by atomic mass is 10.1. The number of anilines is 1. The molecule has 1 saturated heterocycles. The van der Waals surface area contributed by atoms with Gasteiger partial charge in [-0.15, -0.1) is 0 Å². The van der Waals surface area contributed by atoms with Gasteiger partial charge in [-0.1, -0.05) is 31.5 Å². The molecular weight excluding hydrogens is 270 g/mol. The molecule has 0 spiro atoms. The van der Waals surface area contributed by atoms with E-state index in [4.69, 9.17) is 11.6 Å². The van der Waals surface area contributed by atoms with E-state index in [1.807, 2.05) is 0 Å². The number of rotatable bonds is 6. The van der Waals surface area contributed by atoms with Gasteiger partial charge in [0, 0.05) is 32.7 Å². The highest BCUT2D eigenvalue weighted by Crippen LogP contribution is 2.27. The lowest BCUT2D eigenvalue weighted by Crippen LogP contribution is -2.46. The Morgan fingerprint density at radius 2 is 1.90 bits per heavy atom. The summed E-state index contributed by atoms with van der Waals surface area (Å²) >= 11 is 6.46. The monoisotopic (exact) mass is 295 g/mol. The molecule has 0 aliphatic carbocycles. The Bertz CT molecular complexity index is 414. The van der Waals surface area contributed by atoms with Crippen LogP contribution in [0.2, 0.25) is 5.02 Å². The van der Waals surface area contributed by atoms with Crippen LogP contribution >= 0.6 is 11.6 Å². The highest BCUT2D eigenvalue weighted by molar-refractivity contribution is 6.33. The molecule has 0 bridgehead atoms. The van der Waals surface area contributed by atoms with Gasteiger partial charge in [0.05, 0.1) is 10.7 Å². The molecule has 1 aromatic rings. The van der Waals surface area contributed by atoms with Crippen LogP contribution in [-0.4, -0.2) is 44.2 Å². The summed E-state index contributed by atoms with van der Waals surface area (Å²) in [7, 11) is 0. The van der Waals surface area contributed by atoms with E-state index in [1.54, 1.807) is 0 Å². The van der Waals surface area contributed by atoms with Crippen molar-refractivity contribution in [3.63, 3.8) is 0 Å². The van der Waals surface area contributed by atoms with E-state index in [-0.39, 0.29) is 0 Å². The largest absolute Gasteiger partial charge is 0.368 e. The maximum absolute atomic E-state index is 6.46. The lowest BCUT2D eigenvalue weighted by Gasteiger charge is -2.36. The minimum absolute atomic E-state index is 0.879. The van der Waals surface area contributed by atoms with Gasteiger partial charge in [-0.3, -0.25) is 4.90 Å². The summed E-state index contributed by atoms with van der Waals surface area (Å²) in [6, 6.07) is 6.45. The molecule has 1 fully saturated rings. The van der Waals surface area contributed by atoms with Gasteiger partial charge in [-0.25, -0.2) is 0 Å². The van der Waals surface area contributed by atoms with Crippen molar-refractivity contribution in [1.29, 1.82) is 0 Å². The van der Waals surface area contributed by atoms with E-state index >= 15 is 0 Å². The third-order valence-corrected chi connectivity index (χ3v) is 4.15. The molecule has 0 aromatic heterocycles. The zero-order valence-corrected chi connectivity index (χ0v) is 13.4. The Hall–Kier alpha value is -0.770. The van der Waals surface area contributed by atoms with Crippen LogP contribution in [0.1, 0.15) is 25.8 Å². The second-order valence-electron chi connectivity index (χ2n) is 5.39. The van der Waals surface area contributed by atoms with Crippen LogP contribution in [0.15, 0.2) is 18.2 Å². The molecule has 1 aliphatic heterocycles. The number of nitrogens with one attached hydrogen (secondary N) is 1. The predicted octanol–water partition coefficient (Wildman–Crippen LogP) is 2.98. The van der Waals surface area contributed by atoms with Crippen molar-refractivity contribution in [2.75, 3.05) is 44.2 Å². The molecule has 0 unspecified atom stereocenters. The first-order chi connectivity index (χ1) is 9.74. The quantitative estimate of drug-likeness (QED) is 0.870. The molecule has 112 valence electrons. The maximum Gasteiger partial charge on any atom is 0.0642 e. The molecule has 0 radical (unpaired) electrons. The zero-order chi connectivity index (χ0) is 14.4. The van der Waals surface area contributed by atoms with Gasteiger partial charge in [-0.2, -0.15) is 0 Å². The van der Waals surface area contributed by atoms with Gasteiger partial charge >= 0.3 is 0 Å². The normalized spacial score (nSPS) is 16.6. The fourth-order valence-electron chi connectivity index (χ4n) is 2.71. The van der Waals surface area contributed by atoms with Crippen molar-refractivity contribution in [3.8, 4) is 0 Å². The number of halogens is 1. The summed E-state index contributed by atoms with van der Waals surface area (Å²) in [4.78, 5) is 4.94. The van der Waals surface area contributed by atoms with Gasteiger partial charge in [0.2, 0.25) is 0 Å². The Balaban J connectivity index is 1.96. The van der Waals surface area contributed by atoms with Crippen LogP contribution in [-0.2, 0) is 6.54 Å². The van der Waals surface area contributed by atoms with Crippen molar-refractivity contribution in [2.45, 2.75) is 26.8 Å². The molecule has 1 aromatic carbocycles. The molecule has 4 heteroatoms. The second-order valence-corrected chi connectivity index (χ2v) is 5.80. The Labute approximate surface area is 127 Å². The summed E-state index contributed by atoms with van der Waals surface area (Å²) in [5.74, 6) is 0. The van der Waals surface area contributed by atoms with Crippen molar-refractivity contribution in [2.24, 2.45) is 0 Å². The maximum atomic E-state index is 6.46. The SMILES string of the molecule is CCCN1CCN(c2ccc(CNCC)cc2Cl)CC1. The van der Waals surface area contributed by atoms with E-state index in [9.17, 15) is 0 Å². The second kappa shape index (κ2) is 7.87. The number of hydrogen-bond donors (Lipinski definition) is 1. The molecule has 0 saturated carbocycles. The number of nitrogens with zero attached hydrogens (tertiary/aromatic N) is 2.